The van der Waals surface area contributed by atoms with Crippen molar-refractivity contribution < 1.29 is 9.47 Å². The van der Waals surface area contributed by atoms with Crippen LogP contribution in [0.1, 0.15) is 10.4 Å². The second kappa shape index (κ2) is 6.64. The first-order valence-electron chi connectivity index (χ1n) is 7.34. The molecule has 1 N–H and O–H groups in total. The highest BCUT2D eigenvalue weighted by molar-refractivity contribution is 7.09. The number of aromatic amines is 1. The smallest absolute Gasteiger partial charge is 0.305 e. The summed E-state index contributed by atoms with van der Waals surface area (Å²) in [7, 11) is 1.67. The Balaban J connectivity index is 1.90. The molecular formula is C16H20N2O3S. The number of aromatic nitrogens is 1. The molecule has 2 heterocycles. The molecule has 0 bridgehead atoms. The summed E-state index contributed by atoms with van der Waals surface area (Å²) < 4.78 is 10.7. The van der Waals surface area contributed by atoms with Gasteiger partial charge >= 0.3 is 4.87 Å². The van der Waals surface area contributed by atoms with Gasteiger partial charge in [-0.15, -0.1) is 0 Å². The third kappa shape index (κ3) is 3.24. The average Bonchev–Trinajstić information content (AvgIpc) is 2.89. The van der Waals surface area contributed by atoms with E-state index in [2.05, 4.69) is 16.0 Å². The third-order valence-electron chi connectivity index (χ3n) is 3.88. The predicted octanol–water partition coefficient (Wildman–Crippen LogP) is 2.25. The van der Waals surface area contributed by atoms with Crippen molar-refractivity contribution in [1.82, 2.24) is 9.88 Å². The minimum absolute atomic E-state index is 0.00766. The molecule has 0 radical (unpaired) electrons. The van der Waals surface area contributed by atoms with E-state index in [1.165, 1.54) is 11.3 Å². The van der Waals surface area contributed by atoms with Crippen LogP contribution in [0.5, 0.6) is 5.75 Å². The first kappa shape index (κ1) is 15.3. The van der Waals surface area contributed by atoms with Crippen LogP contribution in [-0.2, 0) is 11.3 Å². The van der Waals surface area contributed by atoms with Crippen molar-refractivity contribution in [2.24, 2.45) is 0 Å². The molecule has 1 fully saturated rings. The van der Waals surface area contributed by atoms with Crippen LogP contribution in [0.3, 0.4) is 0 Å². The fraction of sp³-hybridized carbons (Fsp3) is 0.438. The molecule has 2 aromatic rings. The number of hydrogen-bond acceptors (Lipinski definition) is 5. The largest absolute Gasteiger partial charge is 0.496 e. The number of hydrogen-bond donors (Lipinski definition) is 1. The zero-order valence-electron chi connectivity index (χ0n) is 12.8. The summed E-state index contributed by atoms with van der Waals surface area (Å²) in [6.07, 6.45) is 0. The number of ether oxygens (including phenoxy) is 2. The topological polar surface area (TPSA) is 54.6 Å². The minimum Gasteiger partial charge on any atom is -0.496 e. The molecule has 1 aliphatic heterocycles. The molecular weight excluding hydrogens is 300 g/mol. The van der Waals surface area contributed by atoms with Gasteiger partial charge in [0.25, 0.3) is 0 Å². The van der Waals surface area contributed by atoms with Crippen LogP contribution in [0.25, 0.3) is 11.3 Å². The quantitative estimate of drug-likeness (QED) is 0.939. The fourth-order valence-electron chi connectivity index (χ4n) is 2.70. The minimum atomic E-state index is -0.00766. The predicted molar refractivity (Wildman–Crippen MR) is 87.8 cm³/mol. The van der Waals surface area contributed by atoms with Gasteiger partial charge in [0.15, 0.2) is 0 Å². The van der Waals surface area contributed by atoms with Crippen molar-refractivity contribution in [3.8, 4) is 17.0 Å². The van der Waals surface area contributed by atoms with E-state index in [1.54, 1.807) is 7.11 Å². The first-order chi connectivity index (χ1) is 10.7. The molecule has 0 saturated carbocycles. The van der Waals surface area contributed by atoms with Crippen molar-refractivity contribution in [3.05, 3.63) is 38.3 Å². The number of nitrogens with zero attached hydrogens (tertiary/aromatic N) is 1. The van der Waals surface area contributed by atoms with Crippen LogP contribution >= 0.6 is 11.3 Å². The maximum Gasteiger partial charge on any atom is 0.305 e. The van der Waals surface area contributed by atoms with Crippen LogP contribution in [-0.4, -0.2) is 43.3 Å². The molecule has 1 aromatic carbocycles. The van der Waals surface area contributed by atoms with Gasteiger partial charge in [-0.05, 0) is 36.2 Å². The Bertz CT molecular complexity index is 702. The Morgan fingerprint density at radius 1 is 1.36 bits per heavy atom. The maximum absolute atomic E-state index is 11.8. The normalized spacial score (nSPS) is 15.9. The number of thiazole rings is 1. The van der Waals surface area contributed by atoms with Gasteiger partial charge in [0.05, 0.1) is 26.0 Å². The second-order valence-electron chi connectivity index (χ2n) is 5.39. The first-order valence-corrected chi connectivity index (χ1v) is 8.16. The number of methoxy groups -OCH3 is 1. The highest BCUT2D eigenvalue weighted by Crippen LogP contribution is 2.29. The highest BCUT2D eigenvalue weighted by Gasteiger charge is 2.17. The van der Waals surface area contributed by atoms with Crippen LogP contribution in [0.2, 0.25) is 0 Å². The lowest BCUT2D eigenvalue weighted by Gasteiger charge is -2.26. The van der Waals surface area contributed by atoms with Gasteiger partial charge in [0.2, 0.25) is 0 Å². The molecule has 0 unspecified atom stereocenters. The Morgan fingerprint density at radius 2 is 2.14 bits per heavy atom. The van der Waals surface area contributed by atoms with Crippen molar-refractivity contribution in [2.45, 2.75) is 13.5 Å². The van der Waals surface area contributed by atoms with E-state index >= 15 is 0 Å². The van der Waals surface area contributed by atoms with Crippen molar-refractivity contribution >= 4 is 11.3 Å². The van der Waals surface area contributed by atoms with Crippen LogP contribution in [0.15, 0.2) is 23.0 Å². The summed E-state index contributed by atoms with van der Waals surface area (Å²) in [6, 6.07) is 5.99. The van der Waals surface area contributed by atoms with Crippen LogP contribution in [0, 0.1) is 6.92 Å². The Kier molecular flexibility index (Phi) is 4.61. The molecule has 1 aliphatic rings. The Hall–Kier alpha value is -1.63. The van der Waals surface area contributed by atoms with Crippen molar-refractivity contribution in [3.63, 3.8) is 0 Å². The van der Waals surface area contributed by atoms with Crippen molar-refractivity contribution in [2.75, 3.05) is 33.4 Å². The summed E-state index contributed by atoms with van der Waals surface area (Å²) in [5, 5.41) is 0. The SMILES string of the molecule is COc1ccc(-c2[nH]c(=O)sc2CN2CCOCC2)cc1C. The molecule has 0 spiro atoms. The molecule has 0 amide bonds. The monoisotopic (exact) mass is 320 g/mol. The summed E-state index contributed by atoms with van der Waals surface area (Å²) >= 11 is 1.29. The molecule has 1 aromatic heterocycles. The lowest BCUT2D eigenvalue weighted by Crippen LogP contribution is -2.35. The summed E-state index contributed by atoms with van der Waals surface area (Å²) in [6.45, 7) is 6.13. The molecule has 0 atom stereocenters. The van der Waals surface area contributed by atoms with E-state index in [0.29, 0.717) is 0 Å². The van der Waals surface area contributed by atoms with Gasteiger partial charge in [-0.3, -0.25) is 9.69 Å². The van der Waals surface area contributed by atoms with E-state index in [1.807, 2.05) is 19.1 Å². The van der Waals surface area contributed by atoms with Gasteiger partial charge in [-0.2, -0.15) is 0 Å². The zero-order valence-corrected chi connectivity index (χ0v) is 13.7. The van der Waals surface area contributed by atoms with Gasteiger partial charge in [0.1, 0.15) is 5.75 Å². The van der Waals surface area contributed by atoms with Gasteiger partial charge in [0, 0.05) is 24.5 Å². The van der Waals surface area contributed by atoms with Gasteiger partial charge in [-0.1, -0.05) is 11.3 Å². The molecule has 1 saturated heterocycles. The number of aryl methyl sites for hydroxylation is 1. The average molecular weight is 320 g/mol. The number of H-pyrrole nitrogens is 1. The van der Waals surface area contributed by atoms with E-state index in [-0.39, 0.29) is 4.87 Å². The summed E-state index contributed by atoms with van der Waals surface area (Å²) in [5.74, 6) is 0.857. The molecule has 22 heavy (non-hydrogen) atoms. The van der Waals surface area contributed by atoms with E-state index in [9.17, 15) is 4.79 Å². The second-order valence-corrected chi connectivity index (χ2v) is 6.45. The van der Waals surface area contributed by atoms with Gasteiger partial charge in [-0.25, -0.2) is 0 Å². The van der Waals surface area contributed by atoms with E-state index in [0.717, 1.165) is 60.3 Å². The zero-order chi connectivity index (χ0) is 15.5. The lowest BCUT2D eigenvalue weighted by atomic mass is 10.1. The van der Waals surface area contributed by atoms with E-state index < -0.39 is 0 Å². The lowest BCUT2D eigenvalue weighted by molar-refractivity contribution is 0.0347. The Morgan fingerprint density at radius 3 is 2.82 bits per heavy atom. The number of nitrogens with one attached hydrogen (secondary N) is 1. The number of benzene rings is 1. The number of rotatable bonds is 4. The van der Waals surface area contributed by atoms with Crippen molar-refractivity contribution in [1.29, 1.82) is 0 Å². The van der Waals surface area contributed by atoms with Gasteiger partial charge < -0.3 is 14.5 Å². The van der Waals surface area contributed by atoms with Crippen LogP contribution in [0.4, 0.5) is 0 Å². The molecule has 6 heteroatoms. The van der Waals surface area contributed by atoms with E-state index in [4.69, 9.17) is 9.47 Å². The summed E-state index contributed by atoms with van der Waals surface area (Å²) in [4.78, 5) is 18.2. The maximum atomic E-state index is 11.8. The third-order valence-corrected chi connectivity index (χ3v) is 4.74. The highest BCUT2D eigenvalue weighted by atomic mass is 32.1. The molecule has 0 aliphatic carbocycles. The fourth-order valence-corrected chi connectivity index (χ4v) is 3.60. The molecule has 3 rings (SSSR count). The molecule has 5 nitrogen and oxygen atoms in total. The standard InChI is InChI=1S/C16H20N2O3S/c1-11-9-12(3-4-13(11)20-2)15-14(22-16(19)17-15)10-18-5-7-21-8-6-18/h3-4,9H,5-8,10H2,1-2H3,(H,17,19). The molecule has 118 valence electrons. The summed E-state index contributed by atoms with van der Waals surface area (Å²) in [5.41, 5.74) is 3.01. The van der Waals surface area contributed by atoms with Crippen LogP contribution < -0.4 is 9.61 Å². The Labute approximate surface area is 133 Å². The number of morpholine rings is 1.